The molecule has 7 heteroatoms. The number of hydrogen-bond acceptors (Lipinski definition) is 3. The van der Waals surface area contributed by atoms with E-state index < -0.39 is 12.1 Å². The van der Waals surface area contributed by atoms with Crippen molar-refractivity contribution < 1.29 is 13.6 Å². The van der Waals surface area contributed by atoms with Crippen LogP contribution in [0.2, 0.25) is 0 Å². The van der Waals surface area contributed by atoms with Gasteiger partial charge in [0.05, 0.1) is 12.7 Å². The molecule has 0 saturated carbocycles. The molecule has 0 bridgehead atoms. The van der Waals surface area contributed by atoms with Crippen molar-refractivity contribution in [3.63, 3.8) is 0 Å². The lowest BCUT2D eigenvalue weighted by molar-refractivity contribution is -0.123. The molecule has 0 fully saturated rings. The molecule has 0 amide bonds. The maximum atomic E-state index is 14.8. The van der Waals surface area contributed by atoms with Gasteiger partial charge < -0.3 is 9.13 Å². The minimum absolute atomic E-state index is 0.0472. The van der Waals surface area contributed by atoms with E-state index in [1.807, 2.05) is 45.5 Å². The van der Waals surface area contributed by atoms with E-state index in [0.717, 1.165) is 55.6 Å². The van der Waals surface area contributed by atoms with E-state index in [2.05, 4.69) is 22.1 Å². The van der Waals surface area contributed by atoms with Gasteiger partial charge in [-0.1, -0.05) is 48.5 Å². The fourth-order valence-electron chi connectivity index (χ4n) is 6.70. The summed E-state index contributed by atoms with van der Waals surface area (Å²) in [5.41, 5.74) is 9.86. The quantitative estimate of drug-likeness (QED) is 0.224. The van der Waals surface area contributed by atoms with Crippen molar-refractivity contribution in [3.8, 4) is 22.3 Å². The van der Waals surface area contributed by atoms with Crippen LogP contribution in [0.15, 0.2) is 110 Å². The number of carbonyl (C=O) groups is 1. The Labute approximate surface area is 240 Å². The zero-order valence-corrected chi connectivity index (χ0v) is 22.4. The lowest BCUT2D eigenvalue weighted by Gasteiger charge is -2.26. The molecular weight excluding hydrogens is 530 g/mol. The molecule has 6 aromatic rings. The predicted molar refractivity (Wildman–Crippen MR) is 155 cm³/mol. The van der Waals surface area contributed by atoms with Gasteiger partial charge in [0.25, 0.3) is 0 Å². The molecule has 2 unspecified atom stereocenters. The number of aromatic nitrogens is 4. The number of nitrogens with zero attached hydrogens (tertiary/aromatic N) is 4. The lowest BCUT2D eigenvalue weighted by atomic mass is 9.90. The van der Waals surface area contributed by atoms with Gasteiger partial charge in [-0.25, -0.2) is 18.7 Å². The first-order valence-corrected chi connectivity index (χ1v) is 13.9. The van der Waals surface area contributed by atoms with Crippen molar-refractivity contribution in [2.24, 2.45) is 0 Å². The van der Waals surface area contributed by atoms with Gasteiger partial charge in [0.2, 0.25) is 0 Å². The first kappa shape index (κ1) is 24.6. The molecule has 42 heavy (non-hydrogen) atoms. The number of rotatable bonds is 6. The molecular formula is C35H24F2N4O. The van der Waals surface area contributed by atoms with Gasteiger partial charge in [-0.3, -0.25) is 4.79 Å². The predicted octanol–water partition coefficient (Wildman–Crippen LogP) is 6.95. The second-order valence-electron chi connectivity index (χ2n) is 11.0. The topological polar surface area (TPSA) is 52.7 Å². The second-order valence-corrected chi connectivity index (χ2v) is 11.0. The fourth-order valence-corrected chi connectivity index (χ4v) is 6.70. The summed E-state index contributed by atoms with van der Waals surface area (Å²) < 4.78 is 31.6. The van der Waals surface area contributed by atoms with Crippen LogP contribution in [0, 0.1) is 11.6 Å². The van der Waals surface area contributed by atoms with E-state index in [0.29, 0.717) is 12.8 Å². The number of halogens is 2. The van der Waals surface area contributed by atoms with Crippen LogP contribution in [0.5, 0.6) is 0 Å². The highest BCUT2D eigenvalue weighted by Gasteiger charge is 2.34. The average molecular weight is 555 g/mol. The summed E-state index contributed by atoms with van der Waals surface area (Å²) in [6.45, 7) is 0. The van der Waals surface area contributed by atoms with Crippen molar-refractivity contribution in [1.29, 1.82) is 0 Å². The molecule has 2 aromatic heterocycles. The van der Waals surface area contributed by atoms with Gasteiger partial charge in [0.1, 0.15) is 23.7 Å². The van der Waals surface area contributed by atoms with Gasteiger partial charge in [0.15, 0.2) is 5.78 Å². The van der Waals surface area contributed by atoms with Crippen LogP contribution in [0.25, 0.3) is 22.3 Å². The number of hydrogen-bond donors (Lipinski definition) is 0. The summed E-state index contributed by atoms with van der Waals surface area (Å²) in [4.78, 5) is 23.3. The van der Waals surface area contributed by atoms with E-state index in [-0.39, 0.29) is 17.4 Å². The van der Waals surface area contributed by atoms with Crippen molar-refractivity contribution in [3.05, 3.63) is 155 Å². The van der Waals surface area contributed by atoms with Gasteiger partial charge in [-0.2, -0.15) is 0 Å². The smallest absolute Gasteiger partial charge is 0.187 e. The van der Waals surface area contributed by atoms with E-state index >= 15 is 0 Å². The number of ketones is 1. The van der Waals surface area contributed by atoms with Gasteiger partial charge in [-0.05, 0) is 92.7 Å². The first-order valence-electron chi connectivity index (χ1n) is 13.9. The Bertz CT molecular complexity index is 1850. The summed E-state index contributed by atoms with van der Waals surface area (Å²) in [6, 6.07) is 20.6. The summed E-state index contributed by atoms with van der Waals surface area (Å²) in [6.07, 6.45) is 11.5. The Morgan fingerprint density at radius 3 is 1.40 bits per heavy atom. The third-order valence-corrected chi connectivity index (χ3v) is 8.55. The molecule has 2 heterocycles. The number of Topliss-reactive ketones (excluding diaryl/α,β-unsaturated/α-hetero) is 1. The Kier molecular flexibility index (Phi) is 5.54. The number of imidazole rings is 2. The first-order chi connectivity index (χ1) is 20.5. The molecule has 0 saturated heterocycles. The van der Waals surface area contributed by atoms with Crippen LogP contribution >= 0.6 is 0 Å². The van der Waals surface area contributed by atoms with E-state index in [1.165, 1.54) is 12.1 Å². The van der Waals surface area contributed by atoms with Gasteiger partial charge in [-0.15, -0.1) is 0 Å². The number of benzene rings is 4. The molecule has 8 rings (SSSR count). The second kappa shape index (κ2) is 9.45. The molecule has 5 nitrogen and oxygen atoms in total. The summed E-state index contributed by atoms with van der Waals surface area (Å²) in [5, 5.41) is 0. The SMILES string of the molecule is O=C(C(c1ccc2c(c1)Cc1cc(F)ccc1-2)n1ccnc1)C(c1ccc2c(c1)Cc1cc(F)ccc1-2)n1ccnc1. The normalized spacial score (nSPS) is 14.1. The Balaban J connectivity index is 1.22. The largest absolute Gasteiger partial charge is 0.323 e. The maximum Gasteiger partial charge on any atom is 0.187 e. The van der Waals surface area contributed by atoms with Crippen LogP contribution in [0.4, 0.5) is 8.78 Å². The molecule has 2 aliphatic carbocycles. The van der Waals surface area contributed by atoms with Crippen LogP contribution in [-0.4, -0.2) is 24.9 Å². The zero-order valence-electron chi connectivity index (χ0n) is 22.4. The number of carbonyl (C=O) groups excluding carboxylic acids is 1. The Hall–Kier alpha value is -5.17. The van der Waals surface area contributed by atoms with Crippen molar-refractivity contribution in [1.82, 2.24) is 19.1 Å². The van der Waals surface area contributed by atoms with Crippen LogP contribution in [0.1, 0.15) is 45.5 Å². The minimum Gasteiger partial charge on any atom is -0.323 e. The molecule has 0 spiro atoms. The van der Waals surface area contributed by atoms with Crippen LogP contribution in [-0.2, 0) is 17.6 Å². The molecule has 2 aliphatic rings. The summed E-state index contributed by atoms with van der Waals surface area (Å²) in [5.74, 6) is -0.549. The minimum atomic E-state index is -0.662. The standard InChI is InChI=1S/C35H24F2N4O/c36-27-3-7-31-25(17-27)15-23-13-21(1-5-29(23)31)33(40-11-9-38-19-40)35(42)34(41-12-10-39-20-41)22-2-6-30-24(14-22)16-26-18-28(37)4-8-32(26)30/h1-14,17-20,33-34H,15-16H2. The molecule has 2 atom stereocenters. The van der Waals surface area contributed by atoms with Crippen LogP contribution in [0.3, 0.4) is 0 Å². The van der Waals surface area contributed by atoms with E-state index in [4.69, 9.17) is 0 Å². The summed E-state index contributed by atoms with van der Waals surface area (Å²) in [7, 11) is 0. The zero-order chi connectivity index (χ0) is 28.4. The maximum absolute atomic E-state index is 14.8. The molecule has 0 aliphatic heterocycles. The van der Waals surface area contributed by atoms with Crippen molar-refractivity contribution in [2.45, 2.75) is 24.9 Å². The van der Waals surface area contributed by atoms with Crippen molar-refractivity contribution >= 4 is 5.78 Å². The number of fused-ring (bicyclic) bond motifs is 6. The molecule has 204 valence electrons. The summed E-state index contributed by atoms with van der Waals surface area (Å²) >= 11 is 0. The highest BCUT2D eigenvalue weighted by Crippen LogP contribution is 2.41. The Morgan fingerprint density at radius 1 is 0.595 bits per heavy atom. The van der Waals surface area contributed by atoms with Gasteiger partial charge >= 0.3 is 0 Å². The van der Waals surface area contributed by atoms with E-state index in [9.17, 15) is 13.6 Å². The third kappa shape index (κ3) is 3.92. The molecule has 0 N–H and O–H groups in total. The highest BCUT2D eigenvalue weighted by molar-refractivity contribution is 5.92. The van der Waals surface area contributed by atoms with Crippen LogP contribution < -0.4 is 0 Å². The molecule has 4 aromatic carbocycles. The lowest BCUT2D eigenvalue weighted by Crippen LogP contribution is -2.29. The fraction of sp³-hybridized carbons (Fsp3) is 0.114. The Morgan fingerprint density at radius 2 is 1.00 bits per heavy atom. The van der Waals surface area contributed by atoms with Crippen molar-refractivity contribution in [2.75, 3.05) is 0 Å². The highest BCUT2D eigenvalue weighted by atomic mass is 19.1. The average Bonchev–Trinajstić information content (AvgIpc) is 3.79. The monoisotopic (exact) mass is 554 g/mol. The van der Waals surface area contributed by atoms with Gasteiger partial charge in [0, 0.05) is 24.8 Å². The third-order valence-electron chi connectivity index (χ3n) is 8.55. The molecule has 0 radical (unpaired) electrons. The van der Waals surface area contributed by atoms with E-state index in [1.54, 1.807) is 49.6 Å².